The topological polar surface area (TPSA) is 0 Å². The minimum absolute atomic E-state index is 0.0831. The van der Waals surface area contributed by atoms with Gasteiger partial charge in [0.25, 0.3) is 0 Å². The highest BCUT2D eigenvalue weighted by Gasteiger charge is 2.21. The predicted molar refractivity (Wildman–Crippen MR) is 96.8 cm³/mol. The van der Waals surface area contributed by atoms with Crippen LogP contribution in [0, 0.1) is 23.4 Å². The third kappa shape index (κ3) is 3.65. The van der Waals surface area contributed by atoms with Gasteiger partial charge in [-0.1, -0.05) is 38.5 Å². The Bertz CT molecular complexity index is 799. The first-order chi connectivity index (χ1) is 11.9. The maximum absolute atomic E-state index is 14.7. The van der Waals surface area contributed by atoms with E-state index in [1.54, 1.807) is 19.1 Å². The molecule has 1 saturated carbocycles. The van der Waals surface area contributed by atoms with Crippen LogP contribution >= 0.6 is 0 Å². The van der Waals surface area contributed by atoms with E-state index in [0.29, 0.717) is 17.1 Å². The van der Waals surface area contributed by atoms with Gasteiger partial charge in [0.15, 0.2) is 11.6 Å². The molecule has 132 valence electrons. The first-order valence-corrected chi connectivity index (χ1v) is 8.81. The number of hydrogen-bond donors (Lipinski definition) is 0. The highest BCUT2D eigenvalue weighted by Crippen LogP contribution is 2.37. The van der Waals surface area contributed by atoms with Crippen molar-refractivity contribution in [2.75, 3.05) is 0 Å². The molecule has 0 aromatic heterocycles. The summed E-state index contributed by atoms with van der Waals surface area (Å²) in [4.78, 5) is 0. The average molecular weight is 344 g/mol. The van der Waals surface area contributed by atoms with E-state index in [-0.39, 0.29) is 11.1 Å². The van der Waals surface area contributed by atoms with E-state index in [4.69, 9.17) is 0 Å². The summed E-state index contributed by atoms with van der Waals surface area (Å²) in [7, 11) is 0. The van der Waals surface area contributed by atoms with Crippen LogP contribution < -0.4 is 0 Å². The second-order valence-corrected chi connectivity index (χ2v) is 7.30. The van der Waals surface area contributed by atoms with Gasteiger partial charge < -0.3 is 0 Å². The summed E-state index contributed by atoms with van der Waals surface area (Å²) in [6.45, 7) is 7.52. The Hall–Kier alpha value is -2.03. The van der Waals surface area contributed by atoms with Crippen molar-refractivity contribution in [2.45, 2.75) is 45.4 Å². The van der Waals surface area contributed by atoms with Gasteiger partial charge >= 0.3 is 0 Å². The Kier molecular flexibility index (Phi) is 5.03. The van der Waals surface area contributed by atoms with Gasteiger partial charge in [-0.25, -0.2) is 13.2 Å². The lowest BCUT2D eigenvalue weighted by Crippen LogP contribution is -2.11. The number of benzene rings is 2. The third-order valence-electron chi connectivity index (χ3n) is 5.28. The van der Waals surface area contributed by atoms with Crippen molar-refractivity contribution < 1.29 is 13.2 Å². The zero-order valence-corrected chi connectivity index (χ0v) is 14.7. The molecular weight excluding hydrogens is 321 g/mol. The Labute approximate surface area is 147 Å². The fourth-order valence-electron chi connectivity index (χ4n) is 3.67. The summed E-state index contributed by atoms with van der Waals surface area (Å²) in [6, 6.07) is 7.65. The van der Waals surface area contributed by atoms with Crippen LogP contribution in [-0.4, -0.2) is 0 Å². The fraction of sp³-hybridized carbons (Fsp3) is 0.364. The summed E-state index contributed by atoms with van der Waals surface area (Å²) < 4.78 is 42.4. The smallest absolute Gasteiger partial charge is 0.166 e. The molecule has 0 radical (unpaired) electrons. The van der Waals surface area contributed by atoms with E-state index < -0.39 is 17.5 Å². The van der Waals surface area contributed by atoms with E-state index in [9.17, 15) is 13.2 Å². The van der Waals surface area contributed by atoms with Gasteiger partial charge in [-0.15, -0.1) is 0 Å². The first kappa shape index (κ1) is 17.8. The summed E-state index contributed by atoms with van der Waals surface area (Å²) in [5, 5.41) is 0. The lowest BCUT2D eigenvalue weighted by Gasteiger charge is -2.26. The Morgan fingerprint density at radius 3 is 2.24 bits per heavy atom. The van der Waals surface area contributed by atoms with Gasteiger partial charge in [-0.2, -0.15) is 0 Å². The first-order valence-electron chi connectivity index (χ1n) is 8.81. The molecule has 0 nitrogen and oxygen atoms in total. The molecule has 0 amide bonds. The Balaban J connectivity index is 1.95. The van der Waals surface area contributed by atoms with E-state index in [1.807, 2.05) is 6.07 Å². The summed E-state index contributed by atoms with van der Waals surface area (Å²) >= 11 is 0. The monoisotopic (exact) mass is 344 g/mol. The molecule has 0 heterocycles. The SMILES string of the molecule is C=C(C)c1cc(-c2ccc(C3CCC(C)CC3)cc2F)cc(F)c1F. The second-order valence-electron chi connectivity index (χ2n) is 7.30. The zero-order valence-electron chi connectivity index (χ0n) is 14.7. The highest BCUT2D eigenvalue weighted by molar-refractivity contribution is 5.72. The highest BCUT2D eigenvalue weighted by atomic mass is 19.2. The molecule has 3 heteroatoms. The quantitative estimate of drug-likeness (QED) is 0.557. The van der Waals surface area contributed by atoms with E-state index in [0.717, 1.165) is 30.4 Å². The van der Waals surface area contributed by atoms with Crippen LogP contribution in [0.25, 0.3) is 16.7 Å². The van der Waals surface area contributed by atoms with Crippen molar-refractivity contribution in [2.24, 2.45) is 5.92 Å². The van der Waals surface area contributed by atoms with Gasteiger partial charge in [0.2, 0.25) is 0 Å². The van der Waals surface area contributed by atoms with Crippen molar-refractivity contribution in [3.05, 3.63) is 65.5 Å². The van der Waals surface area contributed by atoms with Crippen LogP contribution in [-0.2, 0) is 0 Å². The fourth-order valence-corrected chi connectivity index (χ4v) is 3.67. The van der Waals surface area contributed by atoms with Gasteiger partial charge in [0.1, 0.15) is 5.82 Å². The molecule has 0 unspecified atom stereocenters. The van der Waals surface area contributed by atoms with Gasteiger partial charge in [-0.05, 0) is 66.5 Å². The summed E-state index contributed by atoms with van der Waals surface area (Å²) in [5.74, 6) is -1.20. The molecule has 1 fully saturated rings. The van der Waals surface area contributed by atoms with E-state index in [1.165, 1.54) is 18.9 Å². The average Bonchev–Trinajstić information content (AvgIpc) is 2.57. The van der Waals surface area contributed by atoms with Gasteiger partial charge in [0.05, 0.1) is 0 Å². The molecular formula is C22H23F3. The summed E-state index contributed by atoms with van der Waals surface area (Å²) in [5.41, 5.74) is 2.11. The third-order valence-corrected chi connectivity index (χ3v) is 5.28. The molecule has 0 N–H and O–H groups in total. The maximum atomic E-state index is 14.7. The number of rotatable bonds is 3. The molecule has 1 aliphatic carbocycles. The van der Waals surface area contributed by atoms with Crippen molar-refractivity contribution in [3.8, 4) is 11.1 Å². The molecule has 0 atom stereocenters. The normalized spacial score (nSPS) is 20.5. The van der Waals surface area contributed by atoms with Crippen molar-refractivity contribution in [1.29, 1.82) is 0 Å². The van der Waals surface area contributed by atoms with Crippen LogP contribution in [0.2, 0.25) is 0 Å². The number of allylic oxidation sites excluding steroid dienone is 1. The molecule has 1 aliphatic rings. The standard InChI is InChI=1S/C22H23F3/c1-13(2)19-10-17(12-21(24)22(19)25)18-9-8-16(11-20(18)23)15-6-4-14(3)5-7-15/h8-12,14-15H,1,4-7H2,2-3H3. The molecule has 0 saturated heterocycles. The van der Waals surface area contributed by atoms with Crippen LogP contribution in [0.3, 0.4) is 0 Å². The second kappa shape index (κ2) is 7.07. The minimum Gasteiger partial charge on any atom is -0.206 e. The zero-order chi connectivity index (χ0) is 18.1. The van der Waals surface area contributed by atoms with Crippen molar-refractivity contribution in [1.82, 2.24) is 0 Å². The molecule has 0 aliphatic heterocycles. The van der Waals surface area contributed by atoms with Crippen LogP contribution in [0.1, 0.15) is 56.6 Å². The summed E-state index contributed by atoms with van der Waals surface area (Å²) in [6.07, 6.45) is 4.48. The van der Waals surface area contributed by atoms with E-state index in [2.05, 4.69) is 13.5 Å². The number of hydrogen-bond acceptors (Lipinski definition) is 0. The van der Waals surface area contributed by atoms with Crippen LogP contribution in [0.5, 0.6) is 0 Å². The predicted octanol–water partition coefficient (Wildman–Crippen LogP) is 7.10. The molecule has 2 aromatic rings. The van der Waals surface area contributed by atoms with E-state index >= 15 is 0 Å². The van der Waals surface area contributed by atoms with Crippen LogP contribution in [0.4, 0.5) is 13.2 Å². The molecule has 25 heavy (non-hydrogen) atoms. The van der Waals surface area contributed by atoms with Crippen LogP contribution in [0.15, 0.2) is 36.9 Å². The minimum atomic E-state index is -0.986. The Morgan fingerprint density at radius 1 is 0.960 bits per heavy atom. The number of halogens is 3. The molecule has 0 spiro atoms. The van der Waals surface area contributed by atoms with Crippen molar-refractivity contribution >= 4 is 5.57 Å². The Morgan fingerprint density at radius 2 is 1.64 bits per heavy atom. The molecule has 3 rings (SSSR count). The largest absolute Gasteiger partial charge is 0.206 e. The lowest BCUT2D eigenvalue weighted by atomic mass is 9.79. The van der Waals surface area contributed by atoms with Gasteiger partial charge in [-0.3, -0.25) is 0 Å². The molecule has 0 bridgehead atoms. The van der Waals surface area contributed by atoms with Crippen molar-refractivity contribution in [3.63, 3.8) is 0 Å². The maximum Gasteiger partial charge on any atom is 0.166 e. The van der Waals surface area contributed by atoms with Gasteiger partial charge in [0, 0.05) is 11.1 Å². The molecule has 2 aromatic carbocycles. The lowest BCUT2D eigenvalue weighted by molar-refractivity contribution is 0.347.